The standard InChI is InChI=1S/C14H16N4O5S/c1-24(21,22)17-7-5-10(6-8-17)14-15-13(16-23-14)11-3-2-4-12(9-11)18(19)20/h2-4,9-10H,5-8H2,1H3. The number of nitrogens with zero attached hydrogens (tertiary/aromatic N) is 4. The van der Waals surface area contributed by atoms with Crippen LogP contribution in [-0.2, 0) is 10.0 Å². The molecule has 0 atom stereocenters. The number of nitro benzene ring substituents is 1. The lowest BCUT2D eigenvalue weighted by Gasteiger charge is -2.28. The fourth-order valence-corrected chi connectivity index (χ4v) is 3.59. The molecule has 0 unspecified atom stereocenters. The number of rotatable bonds is 4. The zero-order chi connectivity index (χ0) is 17.3. The topological polar surface area (TPSA) is 119 Å². The molecule has 9 nitrogen and oxygen atoms in total. The minimum atomic E-state index is -3.18. The maximum atomic E-state index is 11.5. The molecule has 24 heavy (non-hydrogen) atoms. The molecule has 0 radical (unpaired) electrons. The maximum Gasteiger partial charge on any atom is 0.270 e. The second-order valence-electron chi connectivity index (χ2n) is 5.70. The van der Waals surface area contributed by atoms with Crippen molar-refractivity contribution in [3.05, 3.63) is 40.3 Å². The van der Waals surface area contributed by atoms with E-state index < -0.39 is 14.9 Å². The van der Waals surface area contributed by atoms with Gasteiger partial charge in [0.1, 0.15) is 0 Å². The molecule has 0 amide bonds. The average Bonchev–Trinajstić information content (AvgIpc) is 3.04. The van der Waals surface area contributed by atoms with Gasteiger partial charge in [0.25, 0.3) is 5.69 Å². The van der Waals surface area contributed by atoms with Gasteiger partial charge in [-0.15, -0.1) is 0 Å². The predicted octanol–water partition coefficient (Wildman–Crippen LogP) is 1.78. The Morgan fingerprint density at radius 1 is 1.33 bits per heavy atom. The molecule has 1 aliphatic rings. The van der Waals surface area contributed by atoms with Gasteiger partial charge < -0.3 is 4.52 Å². The highest BCUT2D eigenvalue weighted by molar-refractivity contribution is 7.88. The van der Waals surface area contributed by atoms with E-state index >= 15 is 0 Å². The second-order valence-corrected chi connectivity index (χ2v) is 7.68. The molecule has 10 heteroatoms. The molecule has 2 heterocycles. The minimum Gasteiger partial charge on any atom is -0.339 e. The predicted molar refractivity (Wildman–Crippen MR) is 84.8 cm³/mol. The van der Waals surface area contributed by atoms with Crippen molar-refractivity contribution in [1.82, 2.24) is 14.4 Å². The monoisotopic (exact) mass is 352 g/mol. The van der Waals surface area contributed by atoms with Crippen molar-refractivity contribution < 1.29 is 17.9 Å². The summed E-state index contributed by atoms with van der Waals surface area (Å²) < 4.78 is 29.8. The van der Waals surface area contributed by atoms with Crippen LogP contribution in [0.1, 0.15) is 24.7 Å². The van der Waals surface area contributed by atoms with Gasteiger partial charge in [0.2, 0.25) is 21.7 Å². The van der Waals surface area contributed by atoms with E-state index in [-0.39, 0.29) is 11.6 Å². The van der Waals surface area contributed by atoms with Gasteiger partial charge in [-0.3, -0.25) is 10.1 Å². The molecule has 0 spiro atoms. The Balaban J connectivity index is 1.75. The molecular formula is C14H16N4O5S. The molecular weight excluding hydrogens is 336 g/mol. The summed E-state index contributed by atoms with van der Waals surface area (Å²) in [5, 5.41) is 14.7. The van der Waals surface area contributed by atoms with Crippen LogP contribution in [0.5, 0.6) is 0 Å². The first-order chi connectivity index (χ1) is 11.3. The number of nitro groups is 1. The minimum absolute atomic E-state index is 0.0112. The molecule has 1 aromatic heterocycles. The van der Waals surface area contributed by atoms with E-state index in [0.717, 1.165) is 0 Å². The van der Waals surface area contributed by atoms with E-state index in [0.29, 0.717) is 43.2 Å². The zero-order valence-electron chi connectivity index (χ0n) is 13.0. The molecule has 0 saturated carbocycles. The highest BCUT2D eigenvalue weighted by atomic mass is 32.2. The van der Waals surface area contributed by atoms with Gasteiger partial charge in [-0.2, -0.15) is 4.98 Å². The molecule has 0 aliphatic carbocycles. The van der Waals surface area contributed by atoms with Crippen LogP contribution in [0, 0.1) is 10.1 Å². The van der Waals surface area contributed by atoms with E-state index in [1.807, 2.05) is 0 Å². The van der Waals surface area contributed by atoms with Crippen LogP contribution in [0.15, 0.2) is 28.8 Å². The molecule has 0 bridgehead atoms. The quantitative estimate of drug-likeness (QED) is 0.607. The first kappa shape index (κ1) is 16.5. The first-order valence-electron chi connectivity index (χ1n) is 7.38. The van der Waals surface area contributed by atoms with Gasteiger partial charge in [0.05, 0.1) is 11.2 Å². The summed E-state index contributed by atoms with van der Waals surface area (Å²) in [5.41, 5.74) is 0.466. The van der Waals surface area contributed by atoms with Crippen LogP contribution >= 0.6 is 0 Å². The van der Waals surface area contributed by atoms with Crippen molar-refractivity contribution in [3.63, 3.8) is 0 Å². The molecule has 0 N–H and O–H groups in total. The van der Waals surface area contributed by atoms with Crippen LogP contribution < -0.4 is 0 Å². The van der Waals surface area contributed by atoms with Gasteiger partial charge in [-0.25, -0.2) is 12.7 Å². The molecule has 2 aromatic rings. The fourth-order valence-electron chi connectivity index (χ4n) is 2.71. The summed E-state index contributed by atoms with van der Waals surface area (Å²) in [5.74, 6) is 0.715. The lowest BCUT2D eigenvalue weighted by molar-refractivity contribution is -0.384. The van der Waals surface area contributed by atoms with E-state index in [9.17, 15) is 18.5 Å². The smallest absolute Gasteiger partial charge is 0.270 e. The summed E-state index contributed by atoms with van der Waals surface area (Å²) >= 11 is 0. The van der Waals surface area contributed by atoms with Crippen molar-refractivity contribution in [3.8, 4) is 11.4 Å². The summed E-state index contributed by atoms with van der Waals surface area (Å²) in [6.45, 7) is 0.829. The van der Waals surface area contributed by atoms with Crippen molar-refractivity contribution in [1.29, 1.82) is 0 Å². The highest BCUT2D eigenvalue weighted by Gasteiger charge is 2.29. The SMILES string of the molecule is CS(=O)(=O)N1CCC(c2nc(-c3cccc([N+](=O)[O-])c3)no2)CC1. The van der Waals surface area contributed by atoms with Crippen LogP contribution in [-0.4, -0.2) is 47.1 Å². The number of hydrogen-bond acceptors (Lipinski definition) is 7. The van der Waals surface area contributed by atoms with Gasteiger partial charge in [0.15, 0.2) is 0 Å². The van der Waals surface area contributed by atoms with E-state index in [4.69, 9.17) is 4.52 Å². The second kappa shape index (κ2) is 6.29. The van der Waals surface area contributed by atoms with Crippen molar-refractivity contribution in [2.75, 3.05) is 19.3 Å². The van der Waals surface area contributed by atoms with Gasteiger partial charge >= 0.3 is 0 Å². The van der Waals surface area contributed by atoms with Crippen molar-refractivity contribution >= 4 is 15.7 Å². The van der Waals surface area contributed by atoms with Crippen LogP contribution in [0.4, 0.5) is 5.69 Å². The summed E-state index contributed by atoms with van der Waals surface area (Å²) in [6, 6.07) is 6.02. The van der Waals surface area contributed by atoms with Gasteiger partial charge in [-0.05, 0) is 12.8 Å². The van der Waals surface area contributed by atoms with Crippen LogP contribution in [0.3, 0.4) is 0 Å². The van der Waals surface area contributed by atoms with Gasteiger partial charge in [-0.1, -0.05) is 17.3 Å². The molecule has 1 aliphatic heterocycles. The van der Waals surface area contributed by atoms with Crippen molar-refractivity contribution in [2.45, 2.75) is 18.8 Å². The van der Waals surface area contributed by atoms with Crippen LogP contribution in [0.2, 0.25) is 0 Å². The Hall–Kier alpha value is -2.33. The zero-order valence-corrected chi connectivity index (χ0v) is 13.8. The number of aromatic nitrogens is 2. The first-order valence-corrected chi connectivity index (χ1v) is 9.23. The highest BCUT2D eigenvalue weighted by Crippen LogP contribution is 2.30. The third-order valence-corrected chi connectivity index (χ3v) is 5.33. The number of benzene rings is 1. The normalized spacial score (nSPS) is 17.0. The largest absolute Gasteiger partial charge is 0.339 e. The molecule has 1 fully saturated rings. The Morgan fingerprint density at radius 2 is 2.04 bits per heavy atom. The third kappa shape index (κ3) is 3.44. The number of hydrogen-bond donors (Lipinski definition) is 0. The Bertz CT molecular complexity index is 856. The molecule has 128 valence electrons. The van der Waals surface area contributed by atoms with Crippen LogP contribution in [0.25, 0.3) is 11.4 Å². The lowest BCUT2D eigenvalue weighted by Crippen LogP contribution is -2.37. The average molecular weight is 352 g/mol. The molecule has 1 aromatic carbocycles. The number of non-ortho nitro benzene ring substituents is 1. The third-order valence-electron chi connectivity index (χ3n) is 4.03. The Morgan fingerprint density at radius 3 is 2.67 bits per heavy atom. The number of sulfonamides is 1. The van der Waals surface area contributed by atoms with E-state index in [1.54, 1.807) is 12.1 Å². The molecule has 3 rings (SSSR count). The van der Waals surface area contributed by atoms with E-state index in [1.165, 1.54) is 22.7 Å². The summed E-state index contributed by atoms with van der Waals surface area (Å²) in [4.78, 5) is 14.7. The molecule has 1 saturated heterocycles. The Labute approximate surface area is 138 Å². The van der Waals surface area contributed by atoms with Crippen molar-refractivity contribution in [2.24, 2.45) is 0 Å². The van der Waals surface area contributed by atoms with Gasteiger partial charge in [0, 0.05) is 36.7 Å². The Kier molecular flexibility index (Phi) is 4.33. The van der Waals surface area contributed by atoms with E-state index in [2.05, 4.69) is 10.1 Å². The summed E-state index contributed by atoms with van der Waals surface area (Å²) in [6.07, 6.45) is 2.40. The fraction of sp³-hybridized carbons (Fsp3) is 0.429. The maximum absolute atomic E-state index is 11.5. The number of piperidine rings is 1. The summed E-state index contributed by atoms with van der Waals surface area (Å²) in [7, 11) is -3.18. The lowest BCUT2D eigenvalue weighted by atomic mass is 9.98.